The Morgan fingerprint density at radius 3 is 2.77 bits per heavy atom. The zero-order chi connectivity index (χ0) is 28.8. The quantitative estimate of drug-likeness (QED) is 0.396. The van der Waals surface area contributed by atoms with Crippen LogP contribution >= 0.6 is 23.4 Å². The van der Waals surface area contributed by atoms with Crippen LogP contribution in [-0.4, -0.2) is 68.2 Å². The molecule has 2 saturated heterocycles. The van der Waals surface area contributed by atoms with Gasteiger partial charge in [0.05, 0.1) is 41.8 Å². The molecular formula is C27H36ClN7O4S. The Labute approximate surface area is 242 Å². The molecule has 1 spiro atoms. The van der Waals surface area contributed by atoms with Crippen LogP contribution in [0.2, 0.25) is 5.02 Å². The summed E-state index contributed by atoms with van der Waals surface area (Å²) < 4.78 is 13.4. The zero-order valence-corrected chi connectivity index (χ0v) is 25.0. The molecule has 2 atom stereocenters. The number of pyridine rings is 1. The Kier molecular flexibility index (Phi) is 7.81. The Bertz CT molecular complexity index is 1420. The van der Waals surface area contributed by atoms with E-state index in [1.54, 1.807) is 12.3 Å². The second kappa shape index (κ2) is 10.9. The number of alkyl carbamates (subject to hydrolysis) is 1. The van der Waals surface area contributed by atoms with Gasteiger partial charge in [-0.05, 0) is 59.6 Å². The van der Waals surface area contributed by atoms with Gasteiger partial charge in [-0.15, -0.1) is 0 Å². The number of aliphatic hydroxyl groups excluding tert-OH is 1. The monoisotopic (exact) mass is 589 g/mol. The number of piperidine rings is 1. The predicted octanol–water partition coefficient (Wildman–Crippen LogP) is 4.21. The third kappa shape index (κ3) is 5.54. The molecule has 4 N–H and O–H groups in total. The SMILES string of the molecule is Cc1nc(N2CCC3(CC2)CO[C@@H](C)[C@H]3NC(=O)OC(C)(C)C)c2cc(CO)nn2c1Sc1ccnc(N)c1Cl. The summed E-state index contributed by atoms with van der Waals surface area (Å²) in [7, 11) is 0. The van der Waals surface area contributed by atoms with Gasteiger partial charge in [-0.25, -0.2) is 19.3 Å². The number of amides is 1. The second-order valence-corrected chi connectivity index (χ2v) is 12.9. The smallest absolute Gasteiger partial charge is 0.407 e. The van der Waals surface area contributed by atoms with Gasteiger partial charge in [0, 0.05) is 29.6 Å². The standard InChI is InChI=1S/C27H36ClN7O4S/c1-15-24(40-19-6-9-30-22(29)20(19)28)35-18(12-17(13-36)33-35)23(31-15)34-10-7-27(8-11-34)14-38-16(2)21(27)32-25(37)39-26(3,4)5/h6,9,12,16,21,36H,7-8,10-11,13-14H2,1-5H3,(H2,29,30)(H,32,37)/t16-,21+/m0/s1. The lowest BCUT2D eigenvalue weighted by molar-refractivity contribution is 0.0434. The number of carbonyl (C=O) groups is 1. The van der Waals surface area contributed by atoms with Gasteiger partial charge in [0.25, 0.3) is 0 Å². The minimum absolute atomic E-state index is 0.113. The van der Waals surface area contributed by atoms with Crippen LogP contribution in [0, 0.1) is 12.3 Å². The number of carbonyl (C=O) groups excluding carboxylic acids is 1. The maximum absolute atomic E-state index is 12.6. The van der Waals surface area contributed by atoms with E-state index in [-0.39, 0.29) is 30.0 Å². The van der Waals surface area contributed by atoms with Crippen molar-refractivity contribution in [3.8, 4) is 0 Å². The molecule has 0 radical (unpaired) electrons. The molecule has 0 aliphatic carbocycles. The number of fused-ring (bicyclic) bond motifs is 1. The van der Waals surface area contributed by atoms with E-state index < -0.39 is 11.7 Å². The molecule has 0 bridgehead atoms. The molecule has 40 heavy (non-hydrogen) atoms. The molecule has 2 aliphatic heterocycles. The minimum Gasteiger partial charge on any atom is -0.444 e. The van der Waals surface area contributed by atoms with Crippen molar-refractivity contribution in [1.82, 2.24) is 24.9 Å². The largest absolute Gasteiger partial charge is 0.444 e. The molecule has 13 heteroatoms. The van der Waals surface area contributed by atoms with Gasteiger partial charge in [-0.3, -0.25) is 0 Å². The number of nitrogens with zero attached hydrogens (tertiary/aromatic N) is 5. The van der Waals surface area contributed by atoms with Crippen molar-refractivity contribution in [3.05, 3.63) is 34.7 Å². The van der Waals surface area contributed by atoms with Crippen LogP contribution < -0.4 is 16.0 Å². The summed E-state index contributed by atoms with van der Waals surface area (Å²) in [6, 6.07) is 3.52. The molecule has 0 unspecified atom stereocenters. The first kappa shape index (κ1) is 28.7. The van der Waals surface area contributed by atoms with E-state index in [2.05, 4.69) is 20.3 Å². The number of ether oxygens (including phenoxy) is 2. The molecule has 11 nitrogen and oxygen atoms in total. The molecule has 2 aliphatic rings. The Morgan fingerprint density at radius 1 is 1.38 bits per heavy atom. The van der Waals surface area contributed by atoms with Crippen molar-refractivity contribution in [2.24, 2.45) is 5.41 Å². The molecule has 216 valence electrons. The van der Waals surface area contributed by atoms with Crippen molar-refractivity contribution >= 4 is 46.6 Å². The summed E-state index contributed by atoms with van der Waals surface area (Å²) in [5.74, 6) is 1.06. The van der Waals surface area contributed by atoms with Crippen LogP contribution in [0.1, 0.15) is 51.9 Å². The number of nitrogens with one attached hydrogen (secondary N) is 1. The number of aryl methyl sites for hydroxylation is 1. The first-order valence-electron chi connectivity index (χ1n) is 13.3. The summed E-state index contributed by atoms with van der Waals surface area (Å²) in [5.41, 5.74) is 7.27. The number of aromatic nitrogens is 4. The average Bonchev–Trinajstić information content (AvgIpc) is 3.45. The highest BCUT2D eigenvalue weighted by molar-refractivity contribution is 7.99. The number of rotatable bonds is 5. The van der Waals surface area contributed by atoms with Crippen molar-refractivity contribution in [2.45, 2.75) is 81.7 Å². The lowest BCUT2D eigenvalue weighted by Crippen LogP contribution is -2.55. The first-order chi connectivity index (χ1) is 18.9. The van der Waals surface area contributed by atoms with Gasteiger partial charge in [0.1, 0.15) is 22.0 Å². The fourth-order valence-corrected chi connectivity index (χ4v) is 6.70. The molecule has 0 saturated carbocycles. The van der Waals surface area contributed by atoms with E-state index in [1.807, 2.05) is 45.2 Å². The van der Waals surface area contributed by atoms with Gasteiger partial charge >= 0.3 is 6.09 Å². The van der Waals surface area contributed by atoms with Crippen molar-refractivity contribution < 1.29 is 19.4 Å². The lowest BCUT2D eigenvalue weighted by Gasteiger charge is -2.43. The maximum atomic E-state index is 12.6. The Hall–Kier alpha value is -2.80. The van der Waals surface area contributed by atoms with E-state index in [9.17, 15) is 9.90 Å². The number of aliphatic hydroxyl groups is 1. The predicted molar refractivity (Wildman–Crippen MR) is 154 cm³/mol. The fourth-order valence-electron chi connectivity index (χ4n) is 5.52. The molecule has 2 fully saturated rings. The van der Waals surface area contributed by atoms with Crippen molar-refractivity contribution in [3.63, 3.8) is 0 Å². The highest BCUT2D eigenvalue weighted by Gasteiger charge is 2.50. The summed E-state index contributed by atoms with van der Waals surface area (Å²) >= 11 is 7.83. The number of nitrogen functional groups attached to an aromatic ring is 1. The first-order valence-corrected chi connectivity index (χ1v) is 14.5. The lowest BCUT2D eigenvalue weighted by atomic mass is 9.73. The summed E-state index contributed by atoms with van der Waals surface area (Å²) in [4.78, 5) is 24.7. The number of anilines is 2. The van der Waals surface area contributed by atoms with E-state index in [0.29, 0.717) is 17.3 Å². The third-order valence-electron chi connectivity index (χ3n) is 7.51. The molecule has 5 heterocycles. The van der Waals surface area contributed by atoms with Crippen LogP contribution in [0.15, 0.2) is 28.3 Å². The summed E-state index contributed by atoms with van der Waals surface area (Å²) in [5, 5.41) is 18.8. The zero-order valence-electron chi connectivity index (χ0n) is 23.4. The van der Waals surface area contributed by atoms with E-state index >= 15 is 0 Å². The number of halogens is 1. The number of hydrogen-bond acceptors (Lipinski definition) is 10. The number of hydrogen-bond donors (Lipinski definition) is 3. The van der Waals surface area contributed by atoms with Crippen molar-refractivity contribution in [1.29, 1.82) is 0 Å². The normalized spacial score (nSPS) is 20.8. The molecule has 3 aromatic rings. The molecule has 5 rings (SSSR count). The van der Waals surface area contributed by atoms with Gasteiger partial charge in [0.2, 0.25) is 0 Å². The van der Waals surface area contributed by atoms with E-state index in [1.165, 1.54) is 11.8 Å². The van der Waals surface area contributed by atoms with E-state index in [4.69, 9.17) is 31.8 Å². The Morgan fingerprint density at radius 2 is 2.10 bits per heavy atom. The molecule has 1 amide bonds. The second-order valence-electron chi connectivity index (χ2n) is 11.5. The average molecular weight is 590 g/mol. The number of nitrogens with two attached hydrogens (primary N) is 1. The van der Waals surface area contributed by atoms with Crippen LogP contribution in [0.5, 0.6) is 0 Å². The van der Waals surface area contributed by atoms with Crippen molar-refractivity contribution in [2.75, 3.05) is 30.3 Å². The maximum Gasteiger partial charge on any atom is 0.407 e. The van der Waals surface area contributed by atoms with Gasteiger partial charge in [-0.2, -0.15) is 5.10 Å². The van der Waals surface area contributed by atoms with Gasteiger partial charge in [0.15, 0.2) is 5.82 Å². The van der Waals surface area contributed by atoms with Crippen LogP contribution in [0.3, 0.4) is 0 Å². The van der Waals surface area contributed by atoms with Crippen LogP contribution in [0.25, 0.3) is 5.52 Å². The van der Waals surface area contributed by atoms with Crippen LogP contribution in [0.4, 0.5) is 16.4 Å². The summed E-state index contributed by atoms with van der Waals surface area (Å²) in [6.45, 7) is 11.3. The Balaban J connectivity index is 1.41. The molecule has 3 aromatic heterocycles. The minimum atomic E-state index is -0.573. The highest BCUT2D eigenvalue weighted by atomic mass is 35.5. The topological polar surface area (TPSA) is 140 Å². The van der Waals surface area contributed by atoms with Gasteiger partial charge in [-0.1, -0.05) is 23.4 Å². The molecule has 0 aromatic carbocycles. The summed E-state index contributed by atoms with van der Waals surface area (Å²) in [6.07, 6.45) is 2.71. The fraction of sp³-hybridized carbons (Fsp3) is 0.556. The third-order valence-corrected chi connectivity index (χ3v) is 9.24. The van der Waals surface area contributed by atoms with Gasteiger partial charge < -0.3 is 30.5 Å². The van der Waals surface area contributed by atoms with Crippen LogP contribution in [-0.2, 0) is 16.1 Å². The highest BCUT2D eigenvalue weighted by Crippen LogP contribution is 2.44. The molecular weight excluding hydrogens is 554 g/mol. The van der Waals surface area contributed by atoms with E-state index in [0.717, 1.165) is 52.9 Å².